The van der Waals surface area contributed by atoms with Gasteiger partial charge in [0.15, 0.2) is 5.84 Å². The second-order valence-corrected chi connectivity index (χ2v) is 4.09. The highest BCUT2D eigenvalue weighted by molar-refractivity contribution is 5.99. The summed E-state index contributed by atoms with van der Waals surface area (Å²) in [6.07, 6.45) is -0.0632. The number of oxime groups is 1. The number of ether oxygens (including phenoxy) is 1. The van der Waals surface area contributed by atoms with Gasteiger partial charge in [-0.2, -0.15) is 0 Å². The summed E-state index contributed by atoms with van der Waals surface area (Å²) in [5.74, 6) is -1.38. The van der Waals surface area contributed by atoms with Crippen molar-refractivity contribution in [2.24, 2.45) is 10.9 Å². The van der Waals surface area contributed by atoms with Crippen molar-refractivity contribution in [3.8, 4) is 0 Å². The molecule has 0 aliphatic rings. The molecule has 1 rings (SSSR count). The quantitative estimate of drug-likeness (QED) is 0.325. The molecule has 0 spiro atoms. The fraction of sp³-hybridized carbons (Fsp3) is 0.333. The van der Waals surface area contributed by atoms with Gasteiger partial charge in [-0.15, -0.1) is 0 Å². The average molecular weight is 269 g/mol. The standard InChI is InChI=1S/C12H16FN3O3/c1-7(2)19-6-11(17)15-8-3-4-10(13)9(5-8)12(14)16-18/h3-5,7,18H,6H2,1-2H3,(H2,14,16)(H,15,17). The predicted molar refractivity (Wildman–Crippen MR) is 68.6 cm³/mol. The van der Waals surface area contributed by atoms with E-state index >= 15 is 0 Å². The number of carbonyl (C=O) groups excluding carboxylic acids is 1. The molecule has 1 aromatic carbocycles. The van der Waals surface area contributed by atoms with Gasteiger partial charge in [-0.25, -0.2) is 4.39 Å². The predicted octanol–water partition coefficient (Wildman–Crippen LogP) is 1.28. The minimum Gasteiger partial charge on any atom is -0.409 e. The van der Waals surface area contributed by atoms with E-state index in [-0.39, 0.29) is 30.0 Å². The monoisotopic (exact) mass is 269 g/mol. The van der Waals surface area contributed by atoms with Crippen molar-refractivity contribution in [1.82, 2.24) is 0 Å². The van der Waals surface area contributed by atoms with Crippen LogP contribution < -0.4 is 11.1 Å². The molecule has 0 aliphatic carbocycles. The average Bonchev–Trinajstić information content (AvgIpc) is 2.37. The van der Waals surface area contributed by atoms with Gasteiger partial charge in [0.25, 0.3) is 0 Å². The van der Waals surface area contributed by atoms with Crippen LogP contribution in [0.1, 0.15) is 19.4 Å². The molecular weight excluding hydrogens is 253 g/mol. The maximum atomic E-state index is 13.4. The maximum Gasteiger partial charge on any atom is 0.250 e. The zero-order valence-electron chi connectivity index (χ0n) is 10.7. The third-order valence-electron chi connectivity index (χ3n) is 2.18. The number of halogens is 1. The van der Waals surface area contributed by atoms with E-state index in [2.05, 4.69) is 10.5 Å². The molecule has 0 aliphatic heterocycles. The third-order valence-corrected chi connectivity index (χ3v) is 2.18. The number of hydrogen-bond donors (Lipinski definition) is 3. The molecule has 0 radical (unpaired) electrons. The van der Waals surface area contributed by atoms with Crippen molar-refractivity contribution >= 4 is 17.4 Å². The zero-order valence-corrected chi connectivity index (χ0v) is 10.7. The van der Waals surface area contributed by atoms with Gasteiger partial charge in [0.2, 0.25) is 5.91 Å². The van der Waals surface area contributed by atoms with Crippen LogP contribution in [-0.2, 0) is 9.53 Å². The van der Waals surface area contributed by atoms with Gasteiger partial charge in [-0.3, -0.25) is 4.79 Å². The highest BCUT2D eigenvalue weighted by Gasteiger charge is 2.10. The Morgan fingerprint density at radius 1 is 1.58 bits per heavy atom. The first kappa shape index (κ1) is 14.9. The van der Waals surface area contributed by atoms with Crippen LogP contribution in [0.25, 0.3) is 0 Å². The summed E-state index contributed by atoms with van der Waals surface area (Å²) < 4.78 is 18.5. The van der Waals surface area contributed by atoms with Crippen LogP contribution in [0.5, 0.6) is 0 Å². The molecule has 0 bridgehead atoms. The number of nitrogens with one attached hydrogen (secondary N) is 1. The third kappa shape index (κ3) is 4.55. The van der Waals surface area contributed by atoms with Gasteiger partial charge in [0, 0.05) is 5.69 Å². The number of amidine groups is 1. The van der Waals surface area contributed by atoms with Crippen molar-refractivity contribution in [3.63, 3.8) is 0 Å². The lowest BCUT2D eigenvalue weighted by Gasteiger charge is -2.09. The fourth-order valence-electron chi connectivity index (χ4n) is 1.29. The SMILES string of the molecule is CC(C)OCC(=O)Nc1ccc(F)c(/C(N)=N/O)c1. The van der Waals surface area contributed by atoms with E-state index in [4.69, 9.17) is 15.7 Å². The molecule has 0 unspecified atom stereocenters. The first-order valence-electron chi connectivity index (χ1n) is 5.63. The van der Waals surface area contributed by atoms with Crippen LogP contribution in [0.2, 0.25) is 0 Å². The van der Waals surface area contributed by atoms with Crippen molar-refractivity contribution in [3.05, 3.63) is 29.6 Å². The number of benzene rings is 1. The number of carbonyl (C=O) groups is 1. The summed E-state index contributed by atoms with van der Waals surface area (Å²) in [5, 5.41) is 13.8. The van der Waals surface area contributed by atoms with E-state index in [1.165, 1.54) is 12.1 Å². The lowest BCUT2D eigenvalue weighted by molar-refractivity contribution is -0.121. The van der Waals surface area contributed by atoms with Crippen molar-refractivity contribution in [1.29, 1.82) is 0 Å². The van der Waals surface area contributed by atoms with Crippen LogP contribution in [0, 0.1) is 5.82 Å². The van der Waals surface area contributed by atoms with Gasteiger partial charge < -0.3 is 21.0 Å². The molecule has 1 amide bonds. The molecule has 19 heavy (non-hydrogen) atoms. The lowest BCUT2D eigenvalue weighted by atomic mass is 10.1. The van der Waals surface area contributed by atoms with Crippen LogP contribution in [-0.4, -0.2) is 29.7 Å². The van der Waals surface area contributed by atoms with E-state index in [0.29, 0.717) is 5.69 Å². The Balaban J connectivity index is 2.77. The van der Waals surface area contributed by atoms with Gasteiger partial charge in [-0.1, -0.05) is 5.16 Å². The van der Waals surface area contributed by atoms with E-state index < -0.39 is 5.82 Å². The number of amides is 1. The van der Waals surface area contributed by atoms with Crippen LogP contribution in [0.15, 0.2) is 23.4 Å². The fourth-order valence-corrected chi connectivity index (χ4v) is 1.29. The summed E-state index contributed by atoms with van der Waals surface area (Å²) in [7, 11) is 0. The molecule has 6 nitrogen and oxygen atoms in total. The van der Waals surface area contributed by atoms with Gasteiger partial charge in [-0.05, 0) is 32.0 Å². The van der Waals surface area contributed by atoms with Gasteiger partial charge in [0.1, 0.15) is 12.4 Å². The minimum atomic E-state index is -0.647. The largest absolute Gasteiger partial charge is 0.409 e. The minimum absolute atomic E-state index is 0.0632. The van der Waals surface area contributed by atoms with Crippen molar-refractivity contribution in [2.75, 3.05) is 11.9 Å². The van der Waals surface area contributed by atoms with E-state index in [1.54, 1.807) is 0 Å². The second-order valence-electron chi connectivity index (χ2n) is 4.09. The summed E-state index contributed by atoms with van der Waals surface area (Å²) in [6, 6.07) is 3.76. The molecular formula is C12H16FN3O3. The Labute approximate surface area is 110 Å². The van der Waals surface area contributed by atoms with Crippen LogP contribution in [0.4, 0.5) is 10.1 Å². The van der Waals surface area contributed by atoms with Crippen molar-refractivity contribution < 1.29 is 19.1 Å². The normalized spacial score (nSPS) is 11.7. The molecule has 0 fully saturated rings. The summed E-state index contributed by atoms with van der Waals surface area (Å²) >= 11 is 0. The van der Waals surface area contributed by atoms with Crippen molar-refractivity contribution in [2.45, 2.75) is 20.0 Å². The highest BCUT2D eigenvalue weighted by Crippen LogP contribution is 2.14. The number of anilines is 1. The summed E-state index contributed by atoms with van der Waals surface area (Å²) in [5.41, 5.74) is 5.56. The van der Waals surface area contributed by atoms with Gasteiger partial charge in [0.05, 0.1) is 11.7 Å². The smallest absolute Gasteiger partial charge is 0.250 e. The van der Waals surface area contributed by atoms with Crippen LogP contribution in [0.3, 0.4) is 0 Å². The molecule has 1 aromatic rings. The zero-order chi connectivity index (χ0) is 14.4. The van der Waals surface area contributed by atoms with E-state index in [0.717, 1.165) is 6.07 Å². The second kappa shape index (κ2) is 6.69. The first-order chi connectivity index (χ1) is 8.93. The van der Waals surface area contributed by atoms with Crippen LogP contribution >= 0.6 is 0 Å². The number of nitrogens with two attached hydrogens (primary N) is 1. The first-order valence-corrected chi connectivity index (χ1v) is 5.63. The Hall–Kier alpha value is -2.15. The Kier molecular flexibility index (Phi) is 5.25. The molecule has 104 valence electrons. The van der Waals surface area contributed by atoms with E-state index in [9.17, 15) is 9.18 Å². The number of hydrogen-bond acceptors (Lipinski definition) is 4. The Bertz CT molecular complexity index is 489. The lowest BCUT2D eigenvalue weighted by Crippen LogP contribution is -2.21. The topological polar surface area (TPSA) is 96.9 Å². The Morgan fingerprint density at radius 3 is 2.84 bits per heavy atom. The van der Waals surface area contributed by atoms with E-state index in [1.807, 2.05) is 13.8 Å². The van der Waals surface area contributed by atoms with Gasteiger partial charge >= 0.3 is 0 Å². The Morgan fingerprint density at radius 2 is 2.26 bits per heavy atom. The molecule has 4 N–H and O–H groups in total. The molecule has 0 saturated carbocycles. The number of rotatable bonds is 5. The molecule has 0 aromatic heterocycles. The molecule has 7 heteroatoms. The molecule has 0 saturated heterocycles. The summed E-state index contributed by atoms with van der Waals surface area (Å²) in [6.45, 7) is 3.51. The molecule has 0 atom stereocenters. The summed E-state index contributed by atoms with van der Waals surface area (Å²) in [4.78, 5) is 11.5. The maximum absolute atomic E-state index is 13.4. The molecule has 0 heterocycles. The number of nitrogens with zero attached hydrogens (tertiary/aromatic N) is 1. The highest BCUT2D eigenvalue weighted by atomic mass is 19.1.